The molecule has 0 saturated carbocycles. The predicted octanol–water partition coefficient (Wildman–Crippen LogP) is 3.55. The highest BCUT2D eigenvalue weighted by Gasteiger charge is 2.13. The van der Waals surface area contributed by atoms with E-state index in [4.69, 9.17) is 9.47 Å². The summed E-state index contributed by atoms with van der Waals surface area (Å²) >= 11 is 3.58. The highest BCUT2D eigenvalue weighted by Crippen LogP contribution is 2.37. The van der Waals surface area contributed by atoms with E-state index in [2.05, 4.69) is 41.9 Å². The number of hydrogen-bond acceptors (Lipinski definition) is 6. The third-order valence-electron chi connectivity index (χ3n) is 3.39. The van der Waals surface area contributed by atoms with E-state index in [-0.39, 0.29) is 0 Å². The third kappa shape index (κ3) is 4.69. The maximum Gasteiger partial charge on any atom is 0.263 e. The van der Waals surface area contributed by atoms with Gasteiger partial charge in [-0.25, -0.2) is 0 Å². The van der Waals surface area contributed by atoms with E-state index >= 15 is 0 Å². The molecular formula is C17H18BrN5O2. The highest BCUT2D eigenvalue weighted by atomic mass is 79.9. The summed E-state index contributed by atoms with van der Waals surface area (Å²) in [6.07, 6.45) is 0. The summed E-state index contributed by atoms with van der Waals surface area (Å²) in [4.78, 5) is 0. The van der Waals surface area contributed by atoms with Gasteiger partial charge >= 0.3 is 0 Å². The van der Waals surface area contributed by atoms with Gasteiger partial charge in [0.15, 0.2) is 11.5 Å². The Balaban J connectivity index is 1.74. The van der Waals surface area contributed by atoms with Crippen molar-refractivity contribution in [1.82, 2.24) is 20.6 Å². The van der Waals surface area contributed by atoms with Gasteiger partial charge in [-0.15, -0.1) is 5.10 Å². The Morgan fingerprint density at radius 2 is 1.96 bits per heavy atom. The van der Waals surface area contributed by atoms with Gasteiger partial charge in [0, 0.05) is 6.54 Å². The Hall–Kier alpha value is -2.61. The molecule has 1 aromatic heterocycles. The molecule has 0 amide bonds. The quantitative estimate of drug-likeness (QED) is 0.597. The number of aromatic amines is 1. The minimum Gasteiger partial charge on any atom is -0.490 e. The SMILES string of the molecule is CCOc1cc(CNc2nn[nH]n2)cc(Br)c1OCc1ccccc1. The lowest BCUT2D eigenvalue weighted by Crippen LogP contribution is -2.04. The Morgan fingerprint density at radius 3 is 2.68 bits per heavy atom. The number of halogens is 1. The Morgan fingerprint density at radius 1 is 1.12 bits per heavy atom. The number of hydrogen-bond donors (Lipinski definition) is 2. The average molecular weight is 404 g/mol. The van der Waals surface area contributed by atoms with Gasteiger partial charge in [-0.2, -0.15) is 5.21 Å². The molecule has 25 heavy (non-hydrogen) atoms. The van der Waals surface area contributed by atoms with Crippen molar-refractivity contribution < 1.29 is 9.47 Å². The molecule has 0 aliphatic carbocycles. The second-order valence-corrected chi connectivity index (χ2v) is 6.06. The molecule has 0 radical (unpaired) electrons. The van der Waals surface area contributed by atoms with Crippen LogP contribution in [-0.2, 0) is 13.2 Å². The molecule has 3 rings (SSSR count). The van der Waals surface area contributed by atoms with E-state index in [1.54, 1.807) is 0 Å². The fourth-order valence-corrected chi connectivity index (χ4v) is 2.88. The second kappa shape index (κ2) is 8.48. The van der Waals surface area contributed by atoms with E-state index in [0.29, 0.717) is 37.2 Å². The van der Waals surface area contributed by atoms with Crippen LogP contribution in [0.4, 0.5) is 5.95 Å². The Bertz CT molecular complexity index is 796. The number of tetrazole rings is 1. The van der Waals surface area contributed by atoms with Gasteiger partial charge in [-0.3, -0.25) is 0 Å². The van der Waals surface area contributed by atoms with Crippen LogP contribution in [0.1, 0.15) is 18.1 Å². The molecule has 0 spiro atoms. The maximum absolute atomic E-state index is 5.98. The summed E-state index contributed by atoms with van der Waals surface area (Å²) < 4.78 is 12.6. The second-order valence-electron chi connectivity index (χ2n) is 5.20. The number of ether oxygens (including phenoxy) is 2. The van der Waals surface area contributed by atoms with E-state index in [9.17, 15) is 0 Å². The molecule has 0 bridgehead atoms. The van der Waals surface area contributed by atoms with Crippen molar-refractivity contribution in [1.29, 1.82) is 0 Å². The van der Waals surface area contributed by atoms with Crippen LogP contribution in [0.3, 0.4) is 0 Å². The van der Waals surface area contributed by atoms with Gasteiger partial charge < -0.3 is 14.8 Å². The zero-order valence-corrected chi connectivity index (χ0v) is 15.3. The number of nitrogens with one attached hydrogen (secondary N) is 2. The first-order chi connectivity index (χ1) is 12.3. The molecule has 8 heteroatoms. The number of nitrogens with zero attached hydrogens (tertiary/aromatic N) is 3. The molecule has 0 atom stereocenters. The highest BCUT2D eigenvalue weighted by molar-refractivity contribution is 9.10. The van der Waals surface area contributed by atoms with E-state index in [1.807, 2.05) is 49.4 Å². The zero-order valence-electron chi connectivity index (χ0n) is 13.7. The smallest absolute Gasteiger partial charge is 0.263 e. The van der Waals surface area contributed by atoms with Crippen molar-refractivity contribution in [3.63, 3.8) is 0 Å². The van der Waals surface area contributed by atoms with Crippen LogP contribution in [0, 0.1) is 0 Å². The van der Waals surface area contributed by atoms with Crippen LogP contribution in [0.2, 0.25) is 0 Å². The first-order valence-corrected chi connectivity index (χ1v) is 8.65. The Labute approximate surface area is 153 Å². The molecule has 3 aromatic rings. The molecule has 0 aliphatic rings. The summed E-state index contributed by atoms with van der Waals surface area (Å²) in [6, 6.07) is 13.9. The van der Waals surface area contributed by atoms with E-state index in [1.165, 1.54) is 0 Å². The van der Waals surface area contributed by atoms with Gasteiger partial charge in [0.2, 0.25) is 0 Å². The van der Waals surface area contributed by atoms with Gasteiger partial charge in [-0.1, -0.05) is 35.4 Å². The zero-order chi connectivity index (χ0) is 17.5. The number of aromatic nitrogens is 4. The van der Waals surface area contributed by atoms with Crippen molar-refractivity contribution in [2.45, 2.75) is 20.1 Å². The average Bonchev–Trinajstić information content (AvgIpc) is 3.14. The molecule has 0 unspecified atom stereocenters. The fraction of sp³-hybridized carbons (Fsp3) is 0.235. The lowest BCUT2D eigenvalue weighted by Gasteiger charge is -2.15. The summed E-state index contributed by atoms with van der Waals surface area (Å²) in [5.74, 6) is 1.82. The third-order valence-corrected chi connectivity index (χ3v) is 3.98. The molecule has 1 heterocycles. The molecule has 0 saturated heterocycles. The number of rotatable bonds is 8. The van der Waals surface area contributed by atoms with Gasteiger partial charge in [0.25, 0.3) is 5.95 Å². The van der Waals surface area contributed by atoms with Crippen molar-refractivity contribution >= 4 is 21.9 Å². The van der Waals surface area contributed by atoms with Crippen molar-refractivity contribution in [3.05, 3.63) is 58.1 Å². The largest absolute Gasteiger partial charge is 0.490 e. The van der Waals surface area contributed by atoms with E-state index in [0.717, 1.165) is 15.6 Å². The first-order valence-electron chi connectivity index (χ1n) is 7.85. The Kier molecular flexibility index (Phi) is 5.84. The summed E-state index contributed by atoms with van der Waals surface area (Å²) in [5, 5.41) is 16.7. The van der Waals surface area contributed by atoms with Crippen LogP contribution < -0.4 is 14.8 Å². The lowest BCUT2D eigenvalue weighted by atomic mass is 10.2. The first kappa shape index (κ1) is 17.2. The van der Waals surface area contributed by atoms with Gasteiger partial charge in [0.05, 0.1) is 11.1 Å². The molecule has 7 nitrogen and oxygen atoms in total. The standard InChI is InChI=1S/C17H18BrN5O2/c1-2-24-15-9-13(10-19-17-20-22-23-21-17)8-14(18)16(15)25-11-12-6-4-3-5-7-12/h3-9H,2,10-11H2,1H3,(H2,19,20,21,22,23). The summed E-state index contributed by atoms with van der Waals surface area (Å²) in [6.45, 7) is 3.51. The van der Waals surface area contributed by atoms with E-state index < -0.39 is 0 Å². The molecule has 2 aromatic carbocycles. The number of anilines is 1. The molecule has 2 N–H and O–H groups in total. The molecule has 0 fully saturated rings. The monoisotopic (exact) mass is 403 g/mol. The van der Waals surface area contributed by atoms with Gasteiger partial charge in [0.1, 0.15) is 6.61 Å². The minimum atomic E-state index is 0.443. The predicted molar refractivity (Wildman–Crippen MR) is 97.6 cm³/mol. The molecular weight excluding hydrogens is 386 g/mol. The van der Waals surface area contributed by atoms with Crippen LogP contribution in [0.25, 0.3) is 0 Å². The fourth-order valence-electron chi connectivity index (χ4n) is 2.27. The minimum absolute atomic E-state index is 0.443. The molecule has 130 valence electrons. The number of H-pyrrole nitrogens is 1. The van der Waals surface area contributed by atoms with Crippen LogP contribution in [0.5, 0.6) is 11.5 Å². The summed E-state index contributed by atoms with van der Waals surface area (Å²) in [5.41, 5.74) is 2.10. The normalized spacial score (nSPS) is 10.5. The van der Waals surface area contributed by atoms with Gasteiger partial charge in [-0.05, 0) is 51.3 Å². The van der Waals surface area contributed by atoms with Crippen LogP contribution in [-0.4, -0.2) is 27.2 Å². The maximum atomic E-state index is 5.98. The van der Waals surface area contributed by atoms with Crippen LogP contribution >= 0.6 is 15.9 Å². The lowest BCUT2D eigenvalue weighted by molar-refractivity contribution is 0.267. The van der Waals surface area contributed by atoms with Crippen molar-refractivity contribution in [2.75, 3.05) is 11.9 Å². The van der Waals surface area contributed by atoms with Crippen molar-refractivity contribution in [2.24, 2.45) is 0 Å². The number of benzene rings is 2. The summed E-state index contributed by atoms with van der Waals surface area (Å²) in [7, 11) is 0. The topological polar surface area (TPSA) is 85.0 Å². The van der Waals surface area contributed by atoms with Crippen molar-refractivity contribution in [3.8, 4) is 11.5 Å². The molecule has 0 aliphatic heterocycles. The van der Waals surface area contributed by atoms with Crippen LogP contribution in [0.15, 0.2) is 46.9 Å².